The second-order valence-electron chi connectivity index (χ2n) is 9.90. The van der Waals surface area contributed by atoms with Crippen LogP contribution in [-0.4, -0.2) is 30.0 Å². The Balaban J connectivity index is 1.73. The van der Waals surface area contributed by atoms with Crippen LogP contribution >= 0.6 is 0 Å². The van der Waals surface area contributed by atoms with Crippen molar-refractivity contribution in [3.8, 4) is 0 Å². The molecule has 0 N–H and O–H groups in total. The maximum atomic E-state index is 4.82. The smallest absolute Gasteiger partial charge is 0.397 e. The lowest BCUT2D eigenvalue weighted by atomic mass is 9.59. The first-order valence-electron chi connectivity index (χ1n) is 11.4. The van der Waals surface area contributed by atoms with Crippen LogP contribution in [0.25, 0.3) is 11.2 Å². The molecule has 1 atom stereocenters. The predicted octanol–water partition coefficient (Wildman–Crippen LogP) is 4.38. The summed E-state index contributed by atoms with van der Waals surface area (Å²) in [5.41, 5.74) is 5.10. The summed E-state index contributed by atoms with van der Waals surface area (Å²) in [6, 6.07) is 23.7. The molecule has 0 radical (unpaired) electrons. The summed E-state index contributed by atoms with van der Waals surface area (Å²) in [4.78, 5) is 12.2. The lowest BCUT2D eigenvalue weighted by molar-refractivity contribution is 0.478. The SMILES string of the molecule is CC1=c2ccccc2=C(C(C)(C)C)N(C)B1N1c2cccnc2N(c2ccccc2)[C@@H]1C. The van der Waals surface area contributed by atoms with Crippen LogP contribution in [0.3, 0.4) is 0 Å². The number of nitrogens with zero attached hydrogens (tertiary/aromatic N) is 4. The molecule has 1 aromatic heterocycles. The molecule has 0 spiro atoms. The van der Waals surface area contributed by atoms with E-state index in [0.717, 1.165) is 5.82 Å². The van der Waals surface area contributed by atoms with Crippen LogP contribution in [0, 0.1) is 5.41 Å². The average molecular weight is 422 g/mol. The number of aromatic nitrogens is 1. The third kappa shape index (κ3) is 3.02. The van der Waals surface area contributed by atoms with Crippen LogP contribution in [-0.2, 0) is 0 Å². The lowest BCUT2D eigenvalue weighted by Gasteiger charge is -2.45. The van der Waals surface area contributed by atoms with Crippen molar-refractivity contribution in [1.82, 2.24) is 9.79 Å². The normalized spacial score (nSPS) is 18.2. The summed E-state index contributed by atoms with van der Waals surface area (Å²) in [5.74, 6) is 1.02. The highest BCUT2D eigenvalue weighted by Gasteiger charge is 2.46. The van der Waals surface area contributed by atoms with Gasteiger partial charge in [0.2, 0.25) is 0 Å². The molecule has 0 bridgehead atoms. The van der Waals surface area contributed by atoms with Gasteiger partial charge in [-0.25, -0.2) is 4.98 Å². The highest BCUT2D eigenvalue weighted by atomic mass is 15.4. The monoisotopic (exact) mass is 422 g/mol. The highest BCUT2D eigenvalue weighted by molar-refractivity contribution is 6.79. The third-order valence-corrected chi connectivity index (χ3v) is 6.77. The van der Waals surface area contributed by atoms with E-state index in [9.17, 15) is 0 Å². The third-order valence-electron chi connectivity index (χ3n) is 6.77. The van der Waals surface area contributed by atoms with Crippen molar-refractivity contribution in [2.75, 3.05) is 16.8 Å². The summed E-state index contributed by atoms with van der Waals surface area (Å²) in [6.45, 7) is 11.6. The number of anilines is 3. The number of fused-ring (bicyclic) bond motifs is 2. The Morgan fingerprint density at radius 3 is 2.22 bits per heavy atom. The highest BCUT2D eigenvalue weighted by Crippen LogP contribution is 2.45. The molecule has 2 aliphatic heterocycles. The van der Waals surface area contributed by atoms with Crippen LogP contribution < -0.4 is 20.1 Å². The van der Waals surface area contributed by atoms with Gasteiger partial charge in [-0.15, -0.1) is 0 Å². The van der Waals surface area contributed by atoms with E-state index in [1.165, 1.54) is 33.0 Å². The van der Waals surface area contributed by atoms with Crippen molar-refractivity contribution < 1.29 is 0 Å². The molecular formula is C27H31BN4. The van der Waals surface area contributed by atoms with Gasteiger partial charge in [0.1, 0.15) is 0 Å². The quantitative estimate of drug-likeness (QED) is 0.572. The number of benzene rings is 2. The van der Waals surface area contributed by atoms with E-state index in [2.05, 4.69) is 117 Å². The maximum Gasteiger partial charge on any atom is 0.408 e. The zero-order valence-corrected chi connectivity index (χ0v) is 19.9. The Hall–Kier alpha value is -3.21. The molecule has 5 heteroatoms. The van der Waals surface area contributed by atoms with Crippen molar-refractivity contribution in [2.45, 2.75) is 40.8 Å². The van der Waals surface area contributed by atoms with Gasteiger partial charge in [-0.05, 0) is 61.1 Å². The molecule has 4 nitrogen and oxygen atoms in total. The molecule has 2 aliphatic rings. The fourth-order valence-corrected chi connectivity index (χ4v) is 5.64. The number of hydrogen-bond acceptors (Lipinski definition) is 4. The van der Waals surface area contributed by atoms with E-state index < -0.39 is 0 Å². The largest absolute Gasteiger partial charge is 0.408 e. The van der Waals surface area contributed by atoms with Gasteiger partial charge in [0.25, 0.3) is 0 Å². The fraction of sp³-hybridized carbons (Fsp3) is 0.296. The molecule has 0 aliphatic carbocycles. The Labute approximate surface area is 191 Å². The second kappa shape index (κ2) is 7.44. The van der Waals surface area contributed by atoms with Gasteiger partial charge >= 0.3 is 6.98 Å². The van der Waals surface area contributed by atoms with Crippen LogP contribution in [0.5, 0.6) is 0 Å². The topological polar surface area (TPSA) is 22.6 Å². The fourth-order valence-electron chi connectivity index (χ4n) is 5.64. The second-order valence-corrected chi connectivity index (χ2v) is 9.90. The summed E-state index contributed by atoms with van der Waals surface area (Å²) in [5, 5.41) is 2.69. The van der Waals surface area contributed by atoms with E-state index in [0.29, 0.717) is 0 Å². The van der Waals surface area contributed by atoms with Gasteiger partial charge in [-0.3, -0.25) is 0 Å². The van der Waals surface area contributed by atoms with Gasteiger partial charge in [-0.2, -0.15) is 0 Å². The van der Waals surface area contributed by atoms with E-state index in [-0.39, 0.29) is 18.6 Å². The van der Waals surface area contributed by atoms with E-state index in [1.807, 2.05) is 12.3 Å². The van der Waals surface area contributed by atoms with Crippen molar-refractivity contribution in [1.29, 1.82) is 0 Å². The Morgan fingerprint density at radius 1 is 0.875 bits per heavy atom. The van der Waals surface area contributed by atoms with Crippen molar-refractivity contribution >= 4 is 35.3 Å². The minimum atomic E-state index is 0.0175. The minimum Gasteiger partial charge on any atom is -0.397 e. The number of pyridine rings is 1. The van der Waals surface area contributed by atoms with Crippen LogP contribution in [0.2, 0.25) is 0 Å². The molecule has 0 fully saturated rings. The average Bonchev–Trinajstić information content (AvgIpc) is 3.05. The van der Waals surface area contributed by atoms with Crippen LogP contribution in [0.1, 0.15) is 34.6 Å². The van der Waals surface area contributed by atoms with Crippen molar-refractivity contribution in [3.63, 3.8) is 0 Å². The summed E-state index contributed by atoms with van der Waals surface area (Å²) in [6.07, 6.45) is 2.02. The van der Waals surface area contributed by atoms with Crippen LogP contribution in [0.15, 0.2) is 72.9 Å². The molecule has 0 unspecified atom stereocenters. The number of rotatable bonds is 2. The van der Waals surface area contributed by atoms with E-state index in [4.69, 9.17) is 4.98 Å². The van der Waals surface area contributed by atoms with Gasteiger partial charge in [0, 0.05) is 23.0 Å². The molecule has 5 rings (SSSR count). The Morgan fingerprint density at radius 2 is 1.53 bits per heavy atom. The minimum absolute atomic E-state index is 0.0175. The van der Waals surface area contributed by atoms with Gasteiger partial charge in [-0.1, -0.05) is 63.2 Å². The van der Waals surface area contributed by atoms with E-state index in [1.54, 1.807) is 0 Å². The number of hydrogen-bond donors (Lipinski definition) is 0. The first kappa shape index (κ1) is 20.7. The first-order valence-corrected chi connectivity index (χ1v) is 11.4. The van der Waals surface area contributed by atoms with E-state index >= 15 is 0 Å². The molecule has 3 aromatic rings. The summed E-state index contributed by atoms with van der Waals surface area (Å²) in [7, 11) is 2.25. The molecule has 32 heavy (non-hydrogen) atoms. The van der Waals surface area contributed by atoms with Gasteiger partial charge in [0.15, 0.2) is 5.82 Å². The molecule has 3 heterocycles. The standard InChI is InChI=1S/C27H31BN4/c1-19-22-15-10-11-16-23(22)25(27(3,4)5)30(6)28(19)32-20(2)31(21-13-8-7-9-14-21)26-24(32)17-12-18-29-26/h7-18,20H,1-6H3/t20-/m0/s1. The molecule has 2 aromatic carbocycles. The number of para-hydroxylation sites is 1. The lowest BCUT2D eigenvalue weighted by Crippen LogP contribution is -2.62. The summed E-state index contributed by atoms with van der Waals surface area (Å²) >= 11 is 0. The molecular weight excluding hydrogens is 391 g/mol. The summed E-state index contributed by atoms with van der Waals surface area (Å²) < 4.78 is 0. The molecule has 162 valence electrons. The van der Waals surface area contributed by atoms with Crippen molar-refractivity contribution in [3.05, 3.63) is 83.4 Å². The zero-order chi connectivity index (χ0) is 22.6. The Bertz CT molecular complexity index is 1280. The van der Waals surface area contributed by atoms with Crippen LogP contribution in [0.4, 0.5) is 17.2 Å². The predicted molar refractivity (Wildman–Crippen MR) is 136 cm³/mol. The molecule has 0 saturated heterocycles. The zero-order valence-electron chi connectivity index (χ0n) is 19.9. The maximum absolute atomic E-state index is 4.82. The first-order chi connectivity index (χ1) is 15.3. The Kier molecular flexibility index (Phi) is 4.81. The van der Waals surface area contributed by atoms with Gasteiger partial charge < -0.3 is 14.5 Å². The molecule has 0 amide bonds. The van der Waals surface area contributed by atoms with Crippen molar-refractivity contribution in [2.24, 2.45) is 5.41 Å². The van der Waals surface area contributed by atoms with Gasteiger partial charge in [0.05, 0.1) is 11.9 Å². The molecule has 0 saturated carbocycles.